The van der Waals surface area contributed by atoms with Crippen molar-refractivity contribution >= 4 is 5.97 Å². The molecular formula is C11H14O4. The predicted octanol–water partition coefficient (Wildman–Crippen LogP) is 0.124. The topological polar surface area (TPSA) is 66.8 Å². The zero-order chi connectivity index (χ0) is 11.3. The fourth-order valence-corrected chi connectivity index (χ4v) is 1.25. The Kier molecular flexibility index (Phi) is 4.27. The highest BCUT2D eigenvalue weighted by atomic mass is 16.5. The summed E-state index contributed by atoms with van der Waals surface area (Å²) in [5.74, 6) is -0.821. The van der Waals surface area contributed by atoms with E-state index in [0.717, 1.165) is 5.56 Å². The fourth-order valence-electron chi connectivity index (χ4n) is 1.25. The summed E-state index contributed by atoms with van der Waals surface area (Å²) in [5, 5.41) is 18.8. The first-order valence-corrected chi connectivity index (χ1v) is 4.63. The van der Waals surface area contributed by atoms with Crippen LogP contribution in [-0.4, -0.2) is 35.5 Å². The van der Waals surface area contributed by atoms with Crippen molar-refractivity contribution in [3.63, 3.8) is 0 Å². The molecule has 0 amide bonds. The number of carbonyl (C=O) groups excluding carboxylic acids is 1. The lowest BCUT2D eigenvalue weighted by molar-refractivity contribution is -0.156. The van der Waals surface area contributed by atoms with Gasteiger partial charge in [-0.2, -0.15) is 0 Å². The Morgan fingerprint density at radius 2 is 1.93 bits per heavy atom. The summed E-state index contributed by atoms with van der Waals surface area (Å²) in [6.07, 6.45) is -2.41. The number of methoxy groups -OCH3 is 1. The summed E-state index contributed by atoms with van der Waals surface area (Å²) in [6, 6.07) is 9.13. The molecule has 1 aromatic carbocycles. The van der Waals surface area contributed by atoms with Gasteiger partial charge in [0.1, 0.15) is 0 Å². The molecule has 1 aromatic rings. The van der Waals surface area contributed by atoms with E-state index in [4.69, 9.17) is 0 Å². The molecule has 0 saturated heterocycles. The van der Waals surface area contributed by atoms with Gasteiger partial charge in [0.05, 0.1) is 13.2 Å². The molecule has 82 valence electrons. The monoisotopic (exact) mass is 210 g/mol. The molecule has 0 radical (unpaired) electrons. The molecule has 4 nitrogen and oxygen atoms in total. The molecule has 0 aliphatic carbocycles. The van der Waals surface area contributed by atoms with Crippen LogP contribution in [0.1, 0.15) is 5.56 Å². The number of ether oxygens (including phenoxy) is 1. The predicted molar refractivity (Wildman–Crippen MR) is 54.2 cm³/mol. The first-order chi connectivity index (χ1) is 7.15. The van der Waals surface area contributed by atoms with Gasteiger partial charge in [-0.3, -0.25) is 0 Å². The van der Waals surface area contributed by atoms with E-state index in [-0.39, 0.29) is 6.42 Å². The number of hydrogen-bond donors (Lipinski definition) is 2. The van der Waals surface area contributed by atoms with E-state index < -0.39 is 18.2 Å². The standard InChI is InChI=1S/C11H14O4/c1-15-11(14)10(13)9(12)7-8-5-3-2-4-6-8/h2-6,9-10,12-13H,7H2,1H3/t9?,10-/m0/s1. The summed E-state index contributed by atoms with van der Waals surface area (Å²) in [4.78, 5) is 10.9. The van der Waals surface area contributed by atoms with Crippen LogP contribution in [0.5, 0.6) is 0 Å². The van der Waals surface area contributed by atoms with Crippen molar-refractivity contribution < 1.29 is 19.7 Å². The Morgan fingerprint density at radius 3 is 2.47 bits per heavy atom. The minimum absolute atomic E-state index is 0.219. The molecule has 2 atom stereocenters. The lowest BCUT2D eigenvalue weighted by Crippen LogP contribution is -2.36. The van der Waals surface area contributed by atoms with Crippen LogP contribution in [0.2, 0.25) is 0 Å². The smallest absolute Gasteiger partial charge is 0.337 e. The molecule has 0 bridgehead atoms. The SMILES string of the molecule is COC(=O)[C@@H](O)C(O)Cc1ccccc1. The van der Waals surface area contributed by atoms with E-state index in [1.54, 1.807) is 0 Å². The van der Waals surface area contributed by atoms with Crippen LogP contribution in [0.15, 0.2) is 30.3 Å². The molecule has 0 aliphatic heterocycles. The number of rotatable bonds is 4. The Balaban J connectivity index is 2.56. The number of esters is 1. The highest BCUT2D eigenvalue weighted by Gasteiger charge is 2.24. The van der Waals surface area contributed by atoms with Crippen molar-refractivity contribution in [1.82, 2.24) is 0 Å². The number of aliphatic hydroxyl groups excluding tert-OH is 2. The van der Waals surface area contributed by atoms with Crippen molar-refractivity contribution in [2.45, 2.75) is 18.6 Å². The van der Waals surface area contributed by atoms with E-state index in [1.807, 2.05) is 30.3 Å². The third kappa shape index (κ3) is 3.34. The highest BCUT2D eigenvalue weighted by molar-refractivity contribution is 5.74. The maximum absolute atomic E-state index is 10.9. The third-order valence-corrected chi connectivity index (χ3v) is 2.09. The molecule has 15 heavy (non-hydrogen) atoms. The zero-order valence-electron chi connectivity index (χ0n) is 8.46. The number of benzene rings is 1. The molecule has 0 spiro atoms. The summed E-state index contributed by atoms with van der Waals surface area (Å²) < 4.78 is 4.32. The first kappa shape index (κ1) is 11.7. The van der Waals surface area contributed by atoms with Gasteiger partial charge < -0.3 is 14.9 Å². The minimum atomic E-state index is -1.49. The minimum Gasteiger partial charge on any atom is -0.467 e. The lowest BCUT2D eigenvalue weighted by atomic mass is 10.0. The van der Waals surface area contributed by atoms with Gasteiger partial charge >= 0.3 is 5.97 Å². The number of carbonyl (C=O) groups is 1. The maximum atomic E-state index is 10.9. The van der Waals surface area contributed by atoms with E-state index in [9.17, 15) is 15.0 Å². The van der Waals surface area contributed by atoms with Crippen LogP contribution in [0.3, 0.4) is 0 Å². The van der Waals surface area contributed by atoms with Crippen LogP contribution in [0, 0.1) is 0 Å². The second-order valence-corrected chi connectivity index (χ2v) is 3.23. The molecule has 2 N–H and O–H groups in total. The average molecular weight is 210 g/mol. The van der Waals surface area contributed by atoms with Gasteiger partial charge in [-0.25, -0.2) is 4.79 Å². The summed E-state index contributed by atoms with van der Waals surface area (Å²) in [7, 11) is 1.17. The van der Waals surface area contributed by atoms with Crippen molar-refractivity contribution in [3.8, 4) is 0 Å². The molecule has 0 heterocycles. The average Bonchev–Trinajstić information content (AvgIpc) is 2.28. The van der Waals surface area contributed by atoms with Crippen LogP contribution >= 0.6 is 0 Å². The Hall–Kier alpha value is -1.39. The Morgan fingerprint density at radius 1 is 1.33 bits per heavy atom. The Bertz CT molecular complexity index is 310. The van der Waals surface area contributed by atoms with Crippen LogP contribution in [-0.2, 0) is 16.0 Å². The molecule has 0 aliphatic rings. The van der Waals surface area contributed by atoms with E-state index in [1.165, 1.54) is 7.11 Å². The largest absolute Gasteiger partial charge is 0.467 e. The van der Waals surface area contributed by atoms with Crippen LogP contribution in [0.25, 0.3) is 0 Å². The summed E-state index contributed by atoms with van der Waals surface area (Å²) in [6.45, 7) is 0. The zero-order valence-corrected chi connectivity index (χ0v) is 8.46. The normalized spacial score (nSPS) is 14.3. The van der Waals surface area contributed by atoms with Gasteiger partial charge in [0.25, 0.3) is 0 Å². The quantitative estimate of drug-likeness (QED) is 0.693. The van der Waals surface area contributed by atoms with Crippen LogP contribution in [0.4, 0.5) is 0 Å². The molecule has 4 heteroatoms. The molecule has 0 saturated carbocycles. The Labute approximate surface area is 88.1 Å². The van der Waals surface area contributed by atoms with E-state index >= 15 is 0 Å². The van der Waals surface area contributed by atoms with Gasteiger partial charge in [-0.15, -0.1) is 0 Å². The second-order valence-electron chi connectivity index (χ2n) is 3.23. The van der Waals surface area contributed by atoms with Gasteiger partial charge in [0.2, 0.25) is 0 Å². The molecule has 0 aromatic heterocycles. The van der Waals surface area contributed by atoms with Crippen LogP contribution < -0.4 is 0 Å². The second kappa shape index (κ2) is 5.48. The lowest BCUT2D eigenvalue weighted by Gasteiger charge is -2.15. The molecular weight excluding hydrogens is 196 g/mol. The molecule has 0 fully saturated rings. The molecule has 1 rings (SSSR count). The third-order valence-electron chi connectivity index (χ3n) is 2.09. The van der Waals surface area contributed by atoms with Gasteiger partial charge in [-0.1, -0.05) is 30.3 Å². The van der Waals surface area contributed by atoms with Gasteiger partial charge in [-0.05, 0) is 5.56 Å². The van der Waals surface area contributed by atoms with E-state index in [2.05, 4.69) is 4.74 Å². The molecule has 1 unspecified atom stereocenters. The maximum Gasteiger partial charge on any atom is 0.337 e. The number of hydrogen-bond acceptors (Lipinski definition) is 4. The van der Waals surface area contributed by atoms with Crippen molar-refractivity contribution in [2.75, 3.05) is 7.11 Å². The van der Waals surface area contributed by atoms with Gasteiger partial charge in [0, 0.05) is 6.42 Å². The van der Waals surface area contributed by atoms with Gasteiger partial charge in [0.15, 0.2) is 6.10 Å². The van der Waals surface area contributed by atoms with Crippen molar-refractivity contribution in [3.05, 3.63) is 35.9 Å². The van der Waals surface area contributed by atoms with E-state index in [0.29, 0.717) is 0 Å². The number of aliphatic hydroxyl groups is 2. The summed E-state index contributed by atoms with van der Waals surface area (Å²) in [5.41, 5.74) is 0.855. The van der Waals surface area contributed by atoms with Crippen molar-refractivity contribution in [1.29, 1.82) is 0 Å². The highest BCUT2D eigenvalue weighted by Crippen LogP contribution is 2.06. The first-order valence-electron chi connectivity index (χ1n) is 4.63. The fraction of sp³-hybridized carbons (Fsp3) is 0.364. The van der Waals surface area contributed by atoms with Crippen molar-refractivity contribution in [2.24, 2.45) is 0 Å². The summed E-state index contributed by atoms with van der Waals surface area (Å²) >= 11 is 0.